The molecule has 0 saturated heterocycles. The Morgan fingerprint density at radius 2 is 1.90 bits per heavy atom. The second-order valence-electron chi connectivity index (χ2n) is 5.02. The highest BCUT2D eigenvalue weighted by Gasteiger charge is 2.03. The molecule has 108 valence electrons. The van der Waals surface area contributed by atoms with E-state index < -0.39 is 0 Å². The van der Waals surface area contributed by atoms with Crippen LogP contribution in [0.2, 0.25) is 0 Å². The van der Waals surface area contributed by atoms with Gasteiger partial charge in [0.25, 0.3) is 0 Å². The van der Waals surface area contributed by atoms with Gasteiger partial charge in [0, 0.05) is 31.0 Å². The summed E-state index contributed by atoms with van der Waals surface area (Å²) in [5, 5.41) is 0. The lowest BCUT2D eigenvalue weighted by molar-refractivity contribution is -0.692. The molecule has 0 spiro atoms. The van der Waals surface area contributed by atoms with Crippen molar-refractivity contribution in [3.63, 3.8) is 0 Å². The summed E-state index contributed by atoms with van der Waals surface area (Å²) in [6, 6.07) is 4.33. The van der Waals surface area contributed by atoms with Gasteiger partial charge in [-0.3, -0.25) is 0 Å². The normalized spacial score (nSPS) is 14.5. The lowest BCUT2D eigenvalue weighted by atomic mass is 10.2. The summed E-state index contributed by atoms with van der Waals surface area (Å²) in [6.45, 7) is 7.56. The van der Waals surface area contributed by atoms with Crippen molar-refractivity contribution in [2.45, 2.75) is 20.4 Å². The third-order valence-corrected chi connectivity index (χ3v) is 5.60. The van der Waals surface area contributed by atoms with E-state index in [1.165, 1.54) is 16.9 Å². The van der Waals surface area contributed by atoms with Gasteiger partial charge in [-0.1, -0.05) is 33.2 Å². The molecule has 2 heterocycles. The lowest BCUT2D eigenvalue weighted by Crippen LogP contribution is -2.33. The molecular formula is C16H23N2S2+. The van der Waals surface area contributed by atoms with Crippen LogP contribution in [0.5, 0.6) is 0 Å². The van der Waals surface area contributed by atoms with Gasteiger partial charge in [-0.25, -0.2) is 4.57 Å². The zero-order chi connectivity index (χ0) is 14.2. The van der Waals surface area contributed by atoms with Crippen LogP contribution in [0.15, 0.2) is 48.5 Å². The second-order valence-corrected chi connectivity index (χ2v) is 7.72. The lowest BCUT2D eigenvalue weighted by Gasteiger charge is -2.21. The fourth-order valence-electron chi connectivity index (χ4n) is 1.87. The first-order valence-electron chi connectivity index (χ1n) is 7.03. The first-order chi connectivity index (χ1) is 9.74. The van der Waals surface area contributed by atoms with E-state index in [1.807, 2.05) is 21.6 Å². The maximum Gasteiger partial charge on any atom is 0.169 e. The van der Waals surface area contributed by atoms with Crippen LogP contribution >= 0.6 is 21.6 Å². The van der Waals surface area contributed by atoms with E-state index in [1.54, 1.807) is 0 Å². The van der Waals surface area contributed by atoms with Gasteiger partial charge in [-0.15, -0.1) is 0 Å². The van der Waals surface area contributed by atoms with Gasteiger partial charge in [0.2, 0.25) is 0 Å². The molecule has 20 heavy (non-hydrogen) atoms. The molecular weight excluding hydrogens is 284 g/mol. The number of hydrogen-bond acceptors (Lipinski definition) is 3. The summed E-state index contributed by atoms with van der Waals surface area (Å²) < 4.78 is 2.25. The highest BCUT2D eigenvalue weighted by atomic mass is 33.1. The summed E-state index contributed by atoms with van der Waals surface area (Å²) in [5.74, 6) is 2.34. The van der Waals surface area contributed by atoms with Crippen molar-refractivity contribution in [3.8, 4) is 0 Å². The van der Waals surface area contributed by atoms with E-state index >= 15 is 0 Å². The van der Waals surface area contributed by atoms with E-state index in [0.29, 0.717) is 0 Å². The van der Waals surface area contributed by atoms with Crippen LogP contribution in [-0.2, 0) is 6.54 Å². The monoisotopic (exact) mass is 307 g/mol. The third kappa shape index (κ3) is 5.63. The summed E-state index contributed by atoms with van der Waals surface area (Å²) in [4.78, 5) is 2.37. The Morgan fingerprint density at radius 3 is 2.60 bits per heavy atom. The van der Waals surface area contributed by atoms with Crippen LogP contribution < -0.4 is 4.57 Å². The molecule has 2 nitrogen and oxygen atoms in total. The fraction of sp³-hybridized carbons (Fsp3) is 0.438. The predicted molar refractivity (Wildman–Crippen MR) is 90.8 cm³/mol. The standard InChI is InChI=1S/C16H23N2S2/c1-15-3-7-17(8-4-15)11-13-19-20-14-12-18-9-5-16(2)6-10-18/h3-9H,10-14H2,1-2H3/q+1. The maximum absolute atomic E-state index is 2.37. The smallest absolute Gasteiger partial charge is 0.169 e. The van der Waals surface area contributed by atoms with Crippen LogP contribution in [0, 0.1) is 6.92 Å². The molecule has 1 aliphatic rings. The van der Waals surface area contributed by atoms with Crippen molar-refractivity contribution in [2.75, 3.05) is 24.6 Å². The van der Waals surface area contributed by atoms with Gasteiger partial charge in [-0.05, 0) is 31.7 Å². The highest BCUT2D eigenvalue weighted by Crippen LogP contribution is 2.21. The Kier molecular flexibility index (Phi) is 6.54. The molecule has 0 radical (unpaired) electrons. The van der Waals surface area contributed by atoms with Crippen molar-refractivity contribution in [3.05, 3.63) is 54.0 Å². The van der Waals surface area contributed by atoms with Crippen LogP contribution in [0.1, 0.15) is 12.5 Å². The molecule has 1 aromatic heterocycles. The first-order valence-corrected chi connectivity index (χ1v) is 9.52. The van der Waals surface area contributed by atoms with Gasteiger partial charge >= 0.3 is 0 Å². The summed E-state index contributed by atoms with van der Waals surface area (Å²) in [7, 11) is 3.95. The number of aromatic nitrogens is 1. The largest absolute Gasteiger partial charge is 0.373 e. The van der Waals surface area contributed by atoms with E-state index in [9.17, 15) is 0 Å². The molecule has 0 aliphatic carbocycles. The Labute approximate surface area is 130 Å². The van der Waals surface area contributed by atoms with Crippen molar-refractivity contribution in [1.82, 2.24) is 4.90 Å². The summed E-state index contributed by atoms with van der Waals surface area (Å²) in [6.07, 6.45) is 11.0. The third-order valence-electron chi connectivity index (χ3n) is 3.23. The molecule has 0 aromatic carbocycles. The van der Waals surface area contributed by atoms with Crippen LogP contribution in [-0.4, -0.2) is 29.5 Å². The average Bonchev–Trinajstić information content (AvgIpc) is 2.46. The van der Waals surface area contributed by atoms with Crippen LogP contribution in [0.3, 0.4) is 0 Å². The molecule has 1 aromatic rings. The van der Waals surface area contributed by atoms with E-state index in [2.05, 4.69) is 66.2 Å². The minimum absolute atomic E-state index is 1.06. The molecule has 2 rings (SSSR count). The fourth-order valence-corrected chi connectivity index (χ4v) is 3.86. The Balaban J connectivity index is 1.52. The van der Waals surface area contributed by atoms with Gasteiger partial charge in [-0.2, -0.15) is 0 Å². The molecule has 0 fully saturated rings. The molecule has 0 unspecified atom stereocenters. The number of rotatable bonds is 7. The minimum atomic E-state index is 1.06. The second kappa shape index (κ2) is 8.42. The number of hydrogen-bond donors (Lipinski definition) is 0. The van der Waals surface area contributed by atoms with Gasteiger partial charge in [0.05, 0.1) is 5.75 Å². The van der Waals surface area contributed by atoms with E-state index in [0.717, 1.165) is 25.4 Å². The number of aryl methyl sites for hydroxylation is 2. The summed E-state index contributed by atoms with van der Waals surface area (Å²) in [5.41, 5.74) is 2.69. The molecule has 1 aliphatic heterocycles. The highest BCUT2D eigenvalue weighted by molar-refractivity contribution is 8.76. The predicted octanol–water partition coefficient (Wildman–Crippen LogP) is 3.44. The first kappa shape index (κ1) is 15.5. The molecule has 0 N–H and O–H groups in total. The Morgan fingerprint density at radius 1 is 1.15 bits per heavy atom. The summed E-state index contributed by atoms with van der Waals surface area (Å²) >= 11 is 0. The zero-order valence-electron chi connectivity index (χ0n) is 12.3. The van der Waals surface area contributed by atoms with E-state index in [4.69, 9.17) is 0 Å². The van der Waals surface area contributed by atoms with Crippen LogP contribution in [0.25, 0.3) is 0 Å². The topological polar surface area (TPSA) is 7.12 Å². The van der Waals surface area contributed by atoms with Gasteiger partial charge in [0.15, 0.2) is 18.9 Å². The minimum Gasteiger partial charge on any atom is -0.373 e. The quantitative estimate of drug-likeness (QED) is 0.433. The molecule has 0 amide bonds. The average molecular weight is 308 g/mol. The van der Waals surface area contributed by atoms with E-state index in [-0.39, 0.29) is 0 Å². The van der Waals surface area contributed by atoms with Crippen molar-refractivity contribution < 1.29 is 4.57 Å². The van der Waals surface area contributed by atoms with Crippen LogP contribution in [0.4, 0.5) is 0 Å². The Hall–Kier alpha value is -0.870. The van der Waals surface area contributed by atoms with Gasteiger partial charge in [0.1, 0.15) is 0 Å². The number of pyridine rings is 1. The molecule has 0 atom stereocenters. The zero-order valence-corrected chi connectivity index (χ0v) is 13.9. The van der Waals surface area contributed by atoms with Crippen molar-refractivity contribution in [1.29, 1.82) is 0 Å². The Bertz CT molecular complexity index is 466. The van der Waals surface area contributed by atoms with Crippen molar-refractivity contribution in [2.24, 2.45) is 0 Å². The molecule has 0 saturated carbocycles. The SMILES string of the molecule is CC1=CCN(CCSSCC[n+]2ccc(C)cc2)C=C1. The molecule has 4 heteroatoms. The number of nitrogens with zero attached hydrogens (tertiary/aromatic N) is 2. The van der Waals surface area contributed by atoms with Crippen molar-refractivity contribution >= 4 is 21.6 Å². The molecule has 0 bridgehead atoms. The number of allylic oxidation sites excluding steroid dienone is 2. The maximum atomic E-state index is 2.37. The van der Waals surface area contributed by atoms with Gasteiger partial charge < -0.3 is 4.90 Å².